The van der Waals surface area contributed by atoms with Crippen LogP contribution in [0.4, 0.5) is 8.78 Å². The summed E-state index contributed by atoms with van der Waals surface area (Å²) in [5.74, 6) is 0. The van der Waals surface area contributed by atoms with Gasteiger partial charge in [0.1, 0.15) is 5.69 Å². The Morgan fingerprint density at radius 3 is 2.64 bits per heavy atom. The average molecular weight is 329 g/mol. The van der Waals surface area contributed by atoms with Gasteiger partial charge in [-0.15, -0.1) is 0 Å². The van der Waals surface area contributed by atoms with Crippen LogP contribution >= 0.6 is 31.9 Å². The summed E-state index contributed by atoms with van der Waals surface area (Å²) in [6.45, 7) is 0. The van der Waals surface area contributed by atoms with Crippen molar-refractivity contribution in [3.05, 3.63) is 27.5 Å². The second-order valence-electron chi connectivity index (χ2n) is 2.44. The first-order valence-electron chi connectivity index (χ1n) is 3.58. The summed E-state index contributed by atoms with van der Waals surface area (Å²) in [5, 5.41) is 0.354. The third-order valence-corrected chi connectivity index (χ3v) is 2.79. The minimum atomic E-state index is -2.74. The van der Waals surface area contributed by atoms with Crippen LogP contribution in [0.1, 0.15) is 28.2 Å². The van der Waals surface area contributed by atoms with E-state index in [2.05, 4.69) is 36.8 Å². The predicted octanol–water partition coefficient (Wildman–Crippen LogP) is 3.49. The molecule has 0 saturated heterocycles. The highest BCUT2D eigenvalue weighted by Gasteiger charge is 2.17. The lowest BCUT2D eigenvalue weighted by atomic mass is 10.2. The monoisotopic (exact) mass is 327 g/mol. The molecule has 0 saturated carbocycles. The van der Waals surface area contributed by atoms with Crippen molar-refractivity contribution in [2.24, 2.45) is 0 Å². The fourth-order valence-corrected chi connectivity index (χ4v) is 2.20. The number of alkyl halides is 3. The Bertz CT molecular complexity index is 357. The number of aromatic nitrogens is 1. The van der Waals surface area contributed by atoms with Crippen molar-refractivity contribution < 1.29 is 13.6 Å². The topological polar surface area (TPSA) is 30.0 Å². The molecule has 0 aliphatic carbocycles. The van der Waals surface area contributed by atoms with Crippen LogP contribution < -0.4 is 0 Å². The zero-order valence-corrected chi connectivity index (χ0v) is 9.98. The lowest BCUT2D eigenvalue weighted by Crippen LogP contribution is -2.01. The van der Waals surface area contributed by atoms with Crippen molar-refractivity contribution in [2.45, 2.75) is 11.8 Å². The van der Waals surface area contributed by atoms with Gasteiger partial charge in [0, 0.05) is 15.4 Å². The van der Waals surface area contributed by atoms with E-state index in [-0.39, 0.29) is 5.56 Å². The highest BCUT2D eigenvalue weighted by Crippen LogP contribution is 2.26. The van der Waals surface area contributed by atoms with E-state index in [1.54, 1.807) is 0 Å². The van der Waals surface area contributed by atoms with Crippen molar-refractivity contribution in [3.63, 3.8) is 0 Å². The molecule has 0 aromatic carbocycles. The van der Waals surface area contributed by atoms with Crippen molar-refractivity contribution in [1.29, 1.82) is 0 Å². The summed E-state index contributed by atoms with van der Waals surface area (Å²) in [4.78, 5) is 14.2. The average Bonchev–Trinajstić information content (AvgIpc) is 2.16. The first-order valence-corrected chi connectivity index (χ1v) is 5.50. The first kappa shape index (κ1) is 11.7. The van der Waals surface area contributed by atoms with E-state index in [1.165, 1.54) is 6.07 Å². The molecule has 6 heteroatoms. The molecule has 1 aromatic heterocycles. The number of aldehydes is 1. The molecule has 1 aromatic rings. The summed E-state index contributed by atoms with van der Waals surface area (Å²) in [6.07, 6.45) is -2.36. The van der Waals surface area contributed by atoms with Crippen LogP contribution in [0.15, 0.2) is 10.5 Å². The number of hydrogen-bond donors (Lipinski definition) is 0. The largest absolute Gasteiger partial charge is 0.298 e. The molecule has 1 heterocycles. The smallest absolute Gasteiger partial charge is 0.281 e. The fraction of sp³-hybridized carbons (Fsp3) is 0.250. The Morgan fingerprint density at radius 1 is 1.57 bits per heavy atom. The lowest BCUT2D eigenvalue weighted by Gasteiger charge is -2.06. The Morgan fingerprint density at radius 2 is 2.21 bits per heavy atom. The van der Waals surface area contributed by atoms with E-state index >= 15 is 0 Å². The molecule has 0 unspecified atom stereocenters. The van der Waals surface area contributed by atoms with E-state index < -0.39 is 12.1 Å². The normalized spacial score (nSPS) is 10.6. The molecular weight excluding hydrogens is 324 g/mol. The lowest BCUT2D eigenvalue weighted by molar-refractivity contribution is 0.110. The molecule has 14 heavy (non-hydrogen) atoms. The van der Waals surface area contributed by atoms with E-state index in [4.69, 9.17) is 0 Å². The molecular formula is C8H5Br2F2NO. The van der Waals surface area contributed by atoms with E-state index in [0.717, 1.165) is 0 Å². The molecule has 0 bridgehead atoms. The van der Waals surface area contributed by atoms with Crippen molar-refractivity contribution in [2.75, 3.05) is 0 Å². The molecule has 0 aliphatic heterocycles. The SMILES string of the molecule is O=Cc1cc(Br)c(CBr)nc1C(F)F. The second kappa shape index (κ2) is 4.93. The van der Waals surface area contributed by atoms with Gasteiger partial charge in [0.25, 0.3) is 6.43 Å². The summed E-state index contributed by atoms with van der Waals surface area (Å²) in [5.41, 5.74) is -0.111. The second-order valence-corrected chi connectivity index (χ2v) is 3.86. The highest BCUT2D eigenvalue weighted by molar-refractivity contribution is 9.10. The molecule has 0 fully saturated rings. The van der Waals surface area contributed by atoms with Gasteiger partial charge in [-0.3, -0.25) is 4.79 Å². The number of carbonyl (C=O) groups excluding carboxylic acids is 1. The standard InChI is InChI=1S/C8H5Br2F2NO/c9-2-6-5(10)1-4(3-14)7(13-6)8(11)12/h1,3,8H,2H2. The molecule has 1 rings (SSSR count). The summed E-state index contributed by atoms with van der Waals surface area (Å²) < 4.78 is 25.4. The predicted molar refractivity (Wildman–Crippen MR) is 54.9 cm³/mol. The van der Waals surface area contributed by atoms with Gasteiger partial charge in [0.15, 0.2) is 6.29 Å². The van der Waals surface area contributed by atoms with E-state index in [1.807, 2.05) is 0 Å². The minimum absolute atomic E-state index is 0.0865. The van der Waals surface area contributed by atoms with Crippen LogP contribution in [0.2, 0.25) is 0 Å². The van der Waals surface area contributed by atoms with Crippen molar-refractivity contribution in [1.82, 2.24) is 4.98 Å². The number of hydrogen-bond acceptors (Lipinski definition) is 2. The van der Waals surface area contributed by atoms with Gasteiger partial charge in [-0.2, -0.15) is 0 Å². The maximum Gasteiger partial charge on any atom is 0.281 e. The van der Waals surface area contributed by atoms with Gasteiger partial charge in [-0.25, -0.2) is 13.8 Å². The summed E-state index contributed by atoms with van der Waals surface area (Å²) in [6, 6.07) is 1.35. The summed E-state index contributed by atoms with van der Waals surface area (Å²) >= 11 is 6.25. The molecule has 0 spiro atoms. The van der Waals surface area contributed by atoms with Crippen LogP contribution in [0, 0.1) is 0 Å². The van der Waals surface area contributed by atoms with Gasteiger partial charge in [0.05, 0.1) is 5.69 Å². The maximum atomic E-state index is 12.4. The van der Waals surface area contributed by atoms with Gasteiger partial charge < -0.3 is 0 Å². The zero-order chi connectivity index (χ0) is 10.7. The number of halogens is 4. The van der Waals surface area contributed by atoms with Gasteiger partial charge in [0.2, 0.25) is 0 Å². The van der Waals surface area contributed by atoms with Crippen molar-refractivity contribution in [3.8, 4) is 0 Å². The number of carbonyl (C=O) groups is 1. The zero-order valence-electron chi connectivity index (χ0n) is 6.81. The van der Waals surface area contributed by atoms with Gasteiger partial charge in [-0.1, -0.05) is 15.9 Å². The molecule has 76 valence electrons. The third kappa shape index (κ3) is 2.36. The minimum Gasteiger partial charge on any atom is -0.298 e. The maximum absolute atomic E-state index is 12.4. The van der Waals surface area contributed by atoms with Crippen LogP contribution in [0.3, 0.4) is 0 Å². The van der Waals surface area contributed by atoms with E-state index in [0.29, 0.717) is 21.8 Å². The Kier molecular flexibility index (Phi) is 4.12. The Hall–Kier alpha value is -0.360. The summed E-state index contributed by atoms with van der Waals surface area (Å²) in [7, 11) is 0. The van der Waals surface area contributed by atoms with Gasteiger partial charge in [-0.05, 0) is 22.0 Å². The molecule has 0 radical (unpaired) electrons. The van der Waals surface area contributed by atoms with Gasteiger partial charge >= 0.3 is 0 Å². The molecule has 0 aliphatic rings. The Balaban J connectivity index is 3.32. The van der Waals surface area contributed by atoms with E-state index in [9.17, 15) is 13.6 Å². The molecule has 0 N–H and O–H groups in total. The number of rotatable bonds is 3. The van der Waals surface area contributed by atoms with Crippen LogP contribution in [0.25, 0.3) is 0 Å². The number of nitrogens with zero attached hydrogens (tertiary/aromatic N) is 1. The third-order valence-electron chi connectivity index (χ3n) is 1.57. The van der Waals surface area contributed by atoms with Crippen molar-refractivity contribution >= 4 is 38.1 Å². The quantitative estimate of drug-likeness (QED) is 0.628. The van der Waals surface area contributed by atoms with Crippen LogP contribution in [-0.4, -0.2) is 11.3 Å². The number of pyridine rings is 1. The molecule has 0 atom stereocenters. The van der Waals surface area contributed by atoms with Crippen LogP contribution in [0.5, 0.6) is 0 Å². The highest BCUT2D eigenvalue weighted by atomic mass is 79.9. The molecule has 0 amide bonds. The Labute approximate surface area is 96.0 Å². The molecule has 2 nitrogen and oxygen atoms in total. The fourth-order valence-electron chi connectivity index (χ4n) is 0.920. The first-order chi connectivity index (χ1) is 6.60. The van der Waals surface area contributed by atoms with Crippen LogP contribution in [-0.2, 0) is 5.33 Å².